The maximum Gasteiger partial charge on any atom is 0.293 e. The van der Waals surface area contributed by atoms with Gasteiger partial charge in [-0.2, -0.15) is 0 Å². The molecule has 3 rings (SSSR count). The molecule has 0 aliphatic carbocycles. The van der Waals surface area contributed by atoms with Gasteiger partial charge in [0.05, 0.1) is 29.1 Å². The van der Waals surface area contributed by atoms with Crippen molar-refractivity contribution in [1.29, 1.82) is 0 Å². The Balaban J connectivity index is 1.72. The number of hydrogen-bond acceptors (Lipinski definition) is 6. The predicted octanol–water partition coefficient (Wildman–Crippen LogP) is 6.06. The molecule has 1 heterocycles. The molecule has 1 aliphatic rings. The SMILES string of the molecule is CCCOc1c(Br)cc(/C=C2\SC(=O)N(CCOc3cccc(C)c3)C2=O)cc1OCC. The average molecular weight is 520 g/mol. The second-order valence-corrected chi connectivity index (χ2v) is 8.96. The molecule has 0 saturated carbocycles. The van der Waals surface area contributed by atoms with Gasteiger partial charge in [-0.05, 0) is 89.4 Å². The Morgan fingerprint density at radius 1 is 1.06 bits per heavy atom. The summed E-state index contributed by atoms with van der Waals surface area (Å²) in [6.07, 6.45) is 2.57. The lowest BCUT2D eigenvalue weighted by atomic mass is 10.2. The molecule has 1 fully saturated rings. The van der Waals surface area contributed by atoms with Gasteiger partial charge in [-0.3, -0.25) is 14.5 Å². The highest BCUT2D eigenvalue weighted by atomic mass is 79.9. The number of ether oxygens (including phenoxy) is 3. The number of thioether (sulfide) groups is 1. The molecule has 0 N–H and O–H groups in total. The van der Waals surface area contributed by atoms with Crippen molar-refractivity contribution in [3.05, 3.63) is 56.9 Å². The molecular weight excluding hydrogens is 494 g/mol. The standard InChI is InChI=1S/C24H26BrNO5S/c1-4-10-31-22-19(25)13-17(14-20(22)29-5-2)15-21-23(27)26(24(28)32-21)9-11-30-18-8-6-7-16(3)12-18/h6-8,12-15H,4-5,9-11H2,1-3H3/b21-15-. The van der Waals surface area contributed by atoms with Gasteiger partial charge in [0.15, 0.2) is 11.5 Å². The number of hydrogen-bond donors (Lipinski definition) is 0. The fraction of sp³-hybridized carbons (Fsp3) is 0.333. The summed E-state index contributed by atoms with van der Waals surface area (Å²) < 4.78 is 17.9. The van der Waals surface area contributed by atoms with Crippen LogP contribution in [0.5, 0.6) is 17.2 Å². The molecule has 8 heteroatoms. The topological polar surface area (TPSA) is 65.1 Å². The summed E-state index contributed by atoms with van der Waals surface area (Å²) in [5, 5.41) is -0.305. The van der Waals surface area contributed by atoms with Crippen LogP contribution in [0.25, 0.3) is 6.08 Å². The highest BCUT2D eigenvalue weighted by Gasteiger charge is 2.35. The largest absolute Gasteiger partial charge is 0.492 e. The van der Waals surface area contributed by atoms with Gasteiger partial charge in [0.2, 0.25) is 0 Å². The van der Waals surface area contributed by atoms with Gasteiger partial charge in [-0.25, -0.2) is 0 Å². The Kier molecular flexibility index (Phi) is 8.64. The minimum Gasteiger partial charge on any atom is -0.492 e. The number of imide groups is 1. The third kappa shape index (κ3) is 6.07. The summed E-state index contributed by atoms with van der Waals surface area (Å²) >= 11 is 4.45. The second-order valence-electron chi connectivity index (χ2n) is 7.11. The number of halogens is 1. The van der Waals surface area contributed by atoms with Crippen molar-refractivity contribution in [3.8, 4) is 17.2 Å². The Morgan fingerprint density at radius 3 is 2.59 bits per heavy atom. The minimum atomic E-state index is -0.326. The van der Waals surface area contributed by atoms with E-state index < -0.39 is 0 Å². The van der Waals surface area contributed by atoms with E-state index in [9.17, 15) is 9.59 Å². The van der Waals surface area contributed by atoms with Crippen molar-refractivity contribution in [1.82, 2.24) is 4.90 Å². The normalized spacial score (nSPS) is 14.9. The second kappa shape index (κ2) is 11.4. The van der Waals surface area contributed by atoms with Gasteiger partial charge in [0.25, 0.3) is 11.1 Å². The van der Waals surface area contributed by atoms with Gasteiger partial charge in [-0.15, -0.1) is 0 Å². The van der Waals surface area contributed by atoms with Gasteiger partial charge in [-0.1, -0.05) is 19.1 Å². The third-order valence-electron chi connectivity index (χ3n) is 4.53. The number of carbonyl (C=O) groups excluding carboxylic acids is 2. The van der Waals surface area contributed by atoms with Crippen molar-refractivity contribution in [2.75, 3.05) is 26.4 Å². The molecule has 0 radical (unpaired) electrons. The van der Waals surface area contributed by atoms with Crippen LogP contribution in [0, 0.1) is 6.92 Å². The van der Waals surface area contributed by atoms with Crippen LogP contribution in [0.3, 0.4) is 0 Å². The van der Waals surface area contributed by atoms with E-state index in [-0.39, 0.29) is 24.3 Å². The minimum absolute atomic E-state index is 0.188. The van der Waals surface area contributed by atoms with E-state index in [4.69, 9.17) is 14.2 Å². The lowest BCUT2D eigenvalue weighted by Crippen LogP contribution is -2.32. The van der Waals surface area contributed by atoms with Gasteiger partial charge < -0.3 is 14.2 Å². The van der Waals surface area contributed by atoms with Crippen molar-refractivity contribution >= 4 is 44.9 Å². The van der Waals surface area contributed by atoms with Gasteiger partial charge in [0.1, 0.15) is 12.4 Å². The van der Waals surface area contributed by atoms with Crippen LogP contribution >= 0.6 is 27.7 Å². The molecule has 0 bridgehead atoms. The summed E-state index contributed by atoms with van der Waals surface area (Å²) in [6, 6.07) is 11.3. The smallest absolute Gasteiger partial charge is 0.293 e. The number of amides is 2. The highest BCUT2D eigenvalue weighted by Crippen LogP contribution is 2.39. The number of rotatable bonds is 10. The molecule has 6 nitrogen and oxygen atoms in total. The first-order chi connectivity index (χ1) is 15.4. The van der Waals surface area contributed by atoms with E-state index in [1.54, 1.807) is 6.08 Å². The molecule has 1 aliphatic heterocycles. The van der Waals surface area contributed by atoms with E-state index in [2.05, 4.69) is 15.9 Å². The molecule has 32 heavy (non-hydrogen) atoms. The molecule has 170 valence electrons. The number of aryl methyl sites for hydroxylation is 1. The van der Waals surface area contributed by atoms with Crippen LogP contribution in [-0.4, -0.2) is 42.4 Å². The Labute approximate surface area is 201 Å². The van der Waals surface area contributed by atoms with Crippen molar-refractivity contribution in [2.45, 2.75) is 27.2 Å². The number of nitrogens with zero attached hydrogens (tertiary/aromatic N) is 1. The van der Waals surface area contributed by atoms with Crippen LogP contribution in [0.15, 0.2) is 45.8 Å². The van der Waals surface area contributed by atoms with Gasteiger partial charge in [0, 0.05) is 0 Å². The fourth-order valence-corrected chi connectivity index (χ4v) is 4.52. The third-order valence-corrected chi connectivity index (χ3v) is 6.02. The zero-order chi connectivity index (χ0) is 23.1. The molecule has 0 atom stereocenters. The lowest BCUT2D eigenvalue weighted by Gasteiger charge is -2.14. The molecular formula is C24H26BrNO5S. The first-order valence-electron chi connectivity index (χ1n) is 10.5. The van der Waals surface area contributed by atoms with Gasteiger partial charge >= 0.3 is 0 Å². The average Bonchev–Trinajstić information content (AvgIpc) is 3.01. The molecule has 1 saturated heterocycles. The molecule has 2 amide bonds. The monoisotopic (exact) mass is 519 g/mol. The van der Waals surface area contributed by atoms with Crippen molar-refractivity contribution in [2.24, 2.45) is 0 Å². The van der Waals surface area contributed by atoms with Crippen LogP contribution in [-0.2, 0) is 4.79 Å². The first kappa shape index (κ1) is 24.2. The summed E-state index contributed by atoms with van der Waals surface area (Å²) in [6.45, 7) is 7.38. The summed E-state index contributed by atoms with van der Waals surface area (Å²) in [4.78, 5) is 26.8. The van der Waals surface area contributed by atoms with E-state index >= 15 is 0 Å². The van der Waals surface area contributed by atoms with E-state index in [1.807, 2.05) is 57.2 Å². The molecule has 0 spiro atoms. The molecule has 2 aromatic rings. The first-order valence-corrected chi connectivity index (χ1v) is 12.1. The van der Waals surface area contributed by atoms with Crippen LogP contribution in [0.1, 0.15) is 31.4 Å². The van der Waals surface area contributed by atoms with E-state index in [0.29, 0.717) is 35.4 Å². The molecule has 0 unspecified atom stereocenters. The maximum atomic E-state index is 12.8. The summed E-state index contributed by atoms with van der Waals surface area (Å²) in [7, 11) is 0. The Morgan fingerprint density at radius 2 is 1.88 bits per heavy atom. The quantitative estimate of drug-likeness (QED) is 0.355. The van der Waals surface area contributed by atoms with Crippen LogP contribution < -0.4 is 14.2 Å². The molecule has 0 aromatic heterocycles. The van der Waals surface area contributed by atoms with E-state index in [0.717, 1.165) is 33.8 Å². The predicted molar refractivity (Wildman–Crippen MR) is 130 cm³/mol. The van der Waals surface area contributed by atoms with Crippen molar-refractivity contribution in [3.63, 3.8) is 0 Å². The van der Waals surface area contributed by atoms with E-state index in [1.165, 1.54) is 4.90 Å². The number of benzene rings is 2. The highest BCUT2D eigenvalue weighted by molar-refractivity contribution is 9.10. The summed E-state index contributed by atoms with van der Waals surface area (Å²) in [5.41, 5.74) is 1.82. The van der Waals surface area contributed by atoms with Crippen molar-refractivity contribution < 1.29 is 23.8 Å². The maximum absolute atomic E-state index is 12.8. The zero-order valence-electron chi connectivity index (χ0n) is 18.4. The lowest BCUT2D eigenvalue weighted by molar-refractivity contribution is -0.123. The number of carbonyl (C=O) groups is 2. The van der Waals surface area contributed by atoms with Crippen LogP contribution in [0.2, 0.25) is 0 Å². The Hall–Kier alpha value is -2.45. The molecule has 2 aromatic carbocycles. The van der Waals surface area contributed by atoms with Crippen LogP contribution in [0.4, 0.5) is 4.79 Å². The fourth-order valence-electron chi connectivity index (χ4n) is 3.08. The Bertz CT molecular complexity index is 1020. The summed E-state index contributed by atoms with van der Waals surface area (Å²) in [5.74, 6) is 1.61. The zero-order valence-corrected chi connectivity index (χ0v) is 20.8.